The summed E-state index contributed by atoms with van der Waals surface area (Å²) in [4.78, 5) is 18.4. The van der Waals surface area contributed by atoms with Gasteiger partial charge in [0.05, 0.1) is 11.6 Å². The molecule has 0 fully saturated rings. The summed E-state index contributed by atoms with van der Waals surface area (Å²) in [5, 5.41) is 10.9. The summed E-state index contributed by atoms with van der Waals surface area (Å²) in [7, 11) is 7.86. The van der Waals surface area contributed by atoms with Crippen LogP contribution in [-0.4, -0.2) is 39.4 Å². The van der Waals surface area contributed by atoms with Gasteiger partial charge in [-0.25, -0.2) is 9.37 Å². The van der Waals surface area contributed by atoms with E-state index in [9.17, 15) is 4.79 Å². The highest BCUT2D eigenvalue weighted by atomic mass is 17.1. The lowest BCUT2D eigenvalue weighted by molar-refractivity contribution is -0.228. The Labute approximate surface area is 181 Å². The maximum absolute atomic E-state index is 12.4. The van der Waals surface area contributed by atoms with Crippen LogP contribution in [0.1, 0.15) is 12.5 Å². The number of fused-ring (bicyclic) bond motifs is 2. The van der Waals surface area contributed by atoms with Gasteiger partial charge < -0.3 is 9.32 Å². The zero-order chi connectivity index (χ0) is 22.7. The van der Waals surface area contributed by atoms with Crippen molar-refractivity contribution in [2.75, 3.05) is 33.1 Å². The fourth-order valence-electron chi connectivity index (χ4n) is 3.58. The molecule has 1 aromatic rings. The van der Waals surface area contributed by atoms with Crippen molar-refractivity contribution in [3.8, 4) is 11.3 Å². The molecule has 0 bridgehead atoms. The van der Waals surface area contributed by atoms with Crippen LogP contribution in [0.5, 0.6) is 0 Å². The highest BCUT2D eigenvalue weighted by Gasteiger charge is 2.25. The molecule has 160 valence electrons. The predicted octanol–water partition coefficient (Wildman–Crippen LogP) is 4.17. The normalized spacial score (nSPS) is 12.2. The molecule has 6 heteroatoms. The van der Waals surface area contributed by atoms with Gasteiger partial charge in [0.1, 0.15) is 25.4 Å². The van der Waals surface area contributed by atoms with Gasteiger partial charge in [-0.3, -0.25) is 4.89 Å². The molecule has 0 saturated carbocycles. The number of benzene rings is 2. The van der Waals surface area contributed by atoms with Crippen molar-refractivity contribution < 1.29 is 19.4 Å². The monoisotopic (exact) mass is 419 g/mol. The summed E-state index contributed by atoms with van der Waals surface area (Å²) < 4.78 is 8.30. The summed E-state index contributed by atoms with van der Waals surface area (Å²) in [5.74, 6) is -0.177. The van der Waals surface area contributed by atoms with Gasteiger partial charge in [-0.2, -0.15) is 5.26 Å². The van der Waals surface area contributed by atoms with Crippen LogP contribution < -0.4 is 14.8 Å². The number of carbonyl (C=O) groups is 1. The second-order valence-electron chi connectivity index (χ2n) is 7.52. The van der Waals surface area contributed by atoms with Crippen LogP contribution in [0.4, 0.5) is 5.69 Å². The van der Waals surface area contributed by atoms with Crippen LogP contribution in [0.15, 0.2) is 71.2 Å². The van der Waals surface area contributed by atoms with E-state index in [0.717, 1.165) is 27.6 Å². The lowest BCUT2D eigenvalue weighted by Gasteiger charge is -2.19. The summed E-state index contributed by atoms with van der Waals surface area (Å²) in [6.45, 7) is 5.53. The minimum atomic E-state index is -0.857. The molecule has 0 atom stereocenters. The Morgan fingerprint density at radius 2 is 1.94 bits per heavy atom. The van der Waals surface area contributed by atoms with Crippen LogP contribution in [0, 0.1) is 0 Å². The lowest BCUT2D eigenvalue weighted by Crippen LogP contribution is -2.21. The Morgan fingerprint density at radius 3 is 2.52 bits per heavy atom. The quantitative estimate of drug-likeness (QED) is 0.168. The van der Waals surface area contributed by atoms with E-state index in [2.05, 4.69) is 11.5 Å². The molecule has 0 aromatic heterocycles. The fourth-order valence-corrected chi connectivity index (χ4v) is 3.58. The van der Waals surface area contributed by atoms with E-state index in [0.29, 0.717) is 16.9 Å². The zero-order valence-corrected chi connectivity index (χ0v) is 18.5. The van der Waals surface area contributed by atoms with Crippen molar-refractivity contribution in [2.24, 2.45) is 0 Å². The van der Waals surface area contributed by atoms with Crippen molar-refractivity contribution in [3.05, 3.63) is 77.7 Å². The molecular weight excluding hydrogens is 392 g/mol. The first-order valence-corrected chi connectivity index (χ1v) is 9.86. The van der Waals surface area contributed by atoms with Gasteiger partial charge in [0.2, 0.25) is 5.36 Å². The van der Waals surface area contributed by atoms with Crippen LogP contribution in [0.2, 0.25) is 0 Å². The number of hydrogen-bond donors (Lipinski definition) is 1. The molecule has 31 heavy (non-hydrogen) atoms. The van der Waals surface area contributed by atoms with E-state index < -0.39 is 5.97 Å². The molecular formula is C25H27N2O4+. The molecule has 2 aliphatic rings. The molecule has 1 aliphatic carbocycles. The van der Waals surface area contributed by atoms with Gasteiger partial charge in [0.15, 0.2) is 0 Å². The van der Waals surface area contributed by atoms with E-state index in [1.54, 1.807) is 0 Å². The minimum Gasteiger partial charge on any atom is -0.456 e. The summed E-state index contributed by atoms with van der Waals surface area (Å²) in [6.07, 6.45) is 4.83. The smallest absolute Gasteiger partial charge is 0.373 e. The topological polar surface area (TPSA) is 65.9 Å². The first-order chi connectivity index (χ1) is 14.8. The largest absolute Gasteiger partial charge is 0.456 e. The summed E-state index contributed by atoms with van der Waals surface area (Å²) in [5.41, 5.74) is 4.13. The van der Waals surface area contributed by atoms with Crippen molar-refractivity contribution in [1.29, 1.82) is 0 Å². The van der Waals surface area contributed by atoms with Crippen LogP contribution in [-0.2, 0) is 9.68 Å². The number of nitrogens with zero attached hydrogens (tertiary/aromatic N) is 2. The van der Waals surface area contributed by atoms with Crippen molar-refractivity contribution >= 4 is 28.2 Å². The molecule has 6 nitrogen and oxygen atoms in total. The van der Waals surface area contributed by atoms with Crippen LogP contribution in [0.3, 0.4) is 0 Å². The number of anilines is 1. The third-order valence-electron chi connectivity index (χ3n) is 5.16. The number of carbonyl (C=O) groups excluding carboxylic acids is 1. The number of rotatable bonds is 5. The third kappa shape index (κ3) is 4.15. The molecule has 0 spiro atoms. The molecule has 0 amide bonds. The minimum absolute atomic E-state index is 0.196. The Hall–Kier alpha value is -3.64. The van der Waals surface area contributed by atoms with Crippen molar-refractivity contribution in [1.82, 2.24) is 4.58 Å². The summed E-state index contributed by atoms with van der Waals surface area (Å²) >= 11 is 0. The molecule has 1 N–H and O–H groups in total. The first kappa shape index (κ1) is 22.1. The van der Waals surface area contributed by atoms with E-state index in [1.807, 2.05) is 87.1 Å². The molecule has 3 rings (SSSR count). The molecule has 1 aromatic carbocycles. The maximum Gasteiger partial charge on any atom is 0.373 e. The van der Waals surface area contributed by atoms with E-state index >= 15 is 0 Å². The average Bonchev–Trinajstić information content (AvgIpc) is 2.76. The van der Waals surface area contributed by atoms with Gasteiger partial charge >= 0.3 is 5.97 Å². The second kappa shape index (κ2) is 9.02. The van der Waals surface area contributed by atoms with Gasteiger partial charge in [-0.1, -0.05) is 18.7 Å². The van der Waals surface area contributed by atoms with E-state index in [-0.39, 0.29) is 5.57 Å². The number of allylic oxidation sites excluding steroid dienone is 3. The molecule has 1 aliphatic heterocycles. The van der Waals surface area contributed by atoms with Gasteiger partial charge in [-0.05, 0) is 36.8 Å². The Balaban J connectivity index is 2.49. The van der Waals surface area contributed by atoms with Gasteiger partial charge in [-0.15, -0.1) is 0 Å². The van der Waals surface area contributed by atoms with Crippen molar-refractivity contribution in [3.63, 3.8) is 0 Å². The Morgan fingerprint density at radius 1 is 1.19 bits per heavy atom. The molecule has 0 unspecified atom stereocenters. The van der Waals surface area contributed by atoms with Gasteiger partial charge in [0.25, 0.3) is 0 Å². The summed E-state index contributed by atoms with van der Waals surface area (Å²) in [6, 6.07) is 11.9. The zero-order valence-electron chi connectivity index (χ0n) is 18.5. The van der Waals surface area contributed by atoms with Crippen LogP contribution in [0.25, 0.3) is 27.9 Å². The molecule has 1 heterocycles. The highest BCUT2D eigenvalue weighted by Crippen LogP contribution is 2.40. The highest BCUT2D eigenvalue weighted by molar-refractivity contribution is 6.12. The number of hydrogen-bond acceptors (Lipinski definition) is 5. The SMILES string of the molecule is C=C/C=C(C(=O)OO)\C(=C/C)c1c2ccc(=[N+](C)C)cc-2oc2cc(N(C)C)ccc12. The van der Waals surface area contributed by atoms with E-state index in [1.165, 1.54) is 12.2 Å². The predicted molar refractivity (Wildman–Crippen MR) is 125 cm³/mol. The fraction of sp³-hybridized carbons (Fsp3) is 0.200. The standard InChI is InChI=1S/C25H26N2O4/c1-7-9-19(25(28)31-29)18(8-2)24-20-12-10-16(26(3)4)14-22(20)30-23-15-17(27(5)6)11-13-21(23)24/h7-15H,1H2,2-6H3/p+1/b18-8+,19-9+. The molecule has 0 radical (unpaired) electrons. The maximum atomic E-state index is 12.4. The molecule has 0 saturated heterocycles. The Kier molecular flexibility index (Phi) is 6.42. The Bertz CT molecular complexity index is 1260. The lowest BCUT2D eigenvalue weighted by atomic mass is 9.89. The van der Waals surface area contributed by atoms with Crippen molar-refractivity contribution in [2.45, 2.75) is 6.92 Å². The first-order valence-electron chi connectivity index (χ1n) is 9.86. The van der Waals surface area contributed by atoms with Gasteiger partial charge in [0, 0.05) is 48.4 Å². The van der Waals surface area contributed by atoms with Crippen LogP contribution >= 0.6 is 0 Å². The average molecular weight is 420 g/mol. The third-order valence-corrected chi connectivity index (χ3v) is 5.16. The second-order valence-corrected chi connectivity index (χ2v) is 7.52. The van der Waals surface area contributed by atoms with E-state index in [4.69, 9.17) is 9.67 Å².